The van der Waals surface area contributed by atoms with E-state index in [-0.39, 0.29) is 11.4 Å². The first-order valence-electron chi connectivity index (χ1n) is 2.57. The first-order chi connectivity index (χ1) is 5.22. The Balaban J connectivity index is 0.000000292. The molecule has 0 aliphatic rings. The summed E-state index contributed by atoms with van der Waals surface area (Å²) in [6, 6.07) is 6.70. The molecule has 1 rings (SSSR count). The van der Waals surface area contributed by atoms with E-state index in [2.05, 4.69) is 38.7 Å². The molecule has 0 atom stereocenters. The molecule has 0 spiro atoms. The molecule has 5 heteroatoms. The van der Waals surface area contributed by atoms with E-state index in [1.165, 1.54) is 0 Å². The van der Waals surface area contributed by atoms with Crippen LogP contribution in [0.2, 0.25) is 0 Å². The summed E-state index contributed by atoms with van der Waals surface area (Å²) in [6.45, 7) is 0. The summed E-state index contributed by atoms with van der Waals surface area (Å²) in [5, 5.41) is 0. The summed E-state index contributed by atoms with van der Waals surface area (Å²) in [5.74, 6) is 0. The largest absolute Gasteiger partial charge is 0.700 e. The van der Waals surface area contributed by atoms with Gasteiger partial charge in [0, 0.05) is 0 Å². The predicted octanol–water partition coefficient (Wildman–Crippen LogP) is 4.82. The molecule has 0 aromatic heterocycles. The Morgan fingerprint density at radius 2 is 1.27 bits per heavy atom. The minimum absolute atomic E-state index is 0.285. The average Bonchev–Trinajstić information content (AvgIpc) is 1.97. The van der Waals surface area contributed by atoms with Crippen molar-refractivity contribution in [3.05, 3.63) is 35.7 Å². The third-order valence-corrected chi connectivity index (χ3v) is 0.927. The van der Waals surface area contributed by atoms with Crippen molar-refractivity contribution < 1.29 is 11.2 Å². The van der Waals surface area contributed by atoms with Crippen LogP contribution in [0.4, 0.5) is 11.4 Å². The first kappa shape index (κ1) is 12.0. The van der Waals surface area contributed by atoms with Crippen LogP contribution in [0, 0.1) is 0 Å². The van der Waals surface area contributed by atoms with E-state index in [1.807, 2.05) is 0 Å². The minimum Gasteiger partial charge on any atom is -0.700 e. The molecule has 2 nitrogen and oxygen atoms in total. The summed E-state index contributed by atoms with van der Waals surface area (Å²) in [6.07, 6.45) is 0. The van der Waals surface area contributed by atoms with Gasteiger partial charge in [-0.3, -0.25) is 0 Å². The van der Waals surface area contributed by atoms with E-state index >= 15 is 0 Å². The summed E-state index contributed by atoms with van der Waals surface area (Å²) in [4.78, 5) is 0. The van der Waals surface area contributed by atoms with Crippen LogP contribution in [0.5, 0.6) is 0 Å². The van der Waals surface area contributed by atoms with Crippen molar-refractivity contribution in [2.24, 2.45) is 0 Å². The summed E-state index contributed by atoms with van der Waals surface area (Å²) < 4.78 is 0. The topological polar surface area (TPSA) is 47.6 Å². The van der Waals surface area contributed by atoms with Gasteiger partial charge in [-0.15, -0.1) is 0 Å². The molecule has 0 heterocycles. The zero-order valence-corrected chi connectivity index (χ0v) is 12.0. The van der Waals surface area contributed by atoms with Crippen LogP contribution < -0.4 is 0 Å². The smallest absolute Gasteiger partial charge is 0.0636 e. The number of hydrogen-bond donors (Lipinski definition) is 0. The van der Waals surface area contributed by atoms with Gasteiger partial charge in [-0.2, -0.15) is 11.4 Å². The van der Waals surface area contributed by atoms with Crippen molar-refractivity contribution in [3.63, 3.8) is 0 Å². The number of hydrogen-bond acceptors (Lipinski definition) is 0. The first-order valence-corrected chi connectivity index (χ1v) is 15.5. The Morgan fingerprint density at radius 3 is 1.45 bits per heavy atom. The van der Waals surface area contributed by atoms with Gasteiger partial charge in [-0.05, 0) is 0 Å². The maximum absolute atomic E-state index is 7.03. The molecular weight excluding hydrogens is 549 g/mol. The Kier molecular flexibility index (Phi) is 8.28. The van der Waals surface area contributed by atoms with Gasteiger partial charge in [0.25, 0.3) is 0 Å². The molecule has 0 aliphatic carbocycles. The van der Waals surface area contributed by atoms with Gasteiger partial charge >= 0.3 is 49.9 Å². The standard InChI is InChI=1S/C6H6N2.2HI.Pt/c7-5-3-1-2-4-6(5)8;;;/h1-4,7-8H;2*1H;/q-2;;;+4/p-2. The Hall–Kier alpha value is 0.968. The predicted molar refractivity (Wildman–Crippen MR) is 62.4 cm³/mol. The molecule has 0 aliphatic heterocycles. The van der Waals surface area contributed by atoms with E-state index in [9.17, 15) is 0 Å². The van der Waals surface area contributed by atoms with Crippen LogP contribution in [0.25, 0.3) is 11.5 Å². The maximum atomic E-state index is 7.03. The SMILES string of the molecule is [I][Pt+2][I].[NH-]c1ccccc1[NH-]. The molecule has 0 bridgehead atoms. The maximum Gasteiger partial charge on any atom is -0.0636 e. The van der Waals surface area contributed by atoms with Gasteiger partial charge < -0.3 is 11.5 Å². The quantitative estimate of drug-likeness (QED) is 0.413. The van der Waals surface area contributed by atoms with Gasteiger partial charge in [0.05, 0.1) is 0 Å². The van der Waals surface area contributed by atoms with E-state index in [1.54, 1.807) is 24.3 Å². The van der Waals surface area contributed by atoms with Gasteiger partial charge in [0.2, 0.25) is 0 Å². The van der Waals surface area contributed by atoms with E-state index in [0.717, 1.165) is 0 Å². The van der Waals surface area contributed by atoms with E-state index in [0.29, 0.717) is 11.2 Å². The monoisotopic (exact) mass is 555 g/mol. The van der Waals surface area contributed by atoms with Crippen LogP contribution in [0.1, 0.15) is 0 Å². The molecule has 11 heavy (non-hydrogen) atoms. The molecule has 0 saturated heterocycles. The van der Waals surface area contributed by atoms with Crippen LogP contribution in [0.15, 0.2) is 24.3 Å². The fourth-order valence-corrected chi connectivity index (χ4v) is 0.483. The summed E-state index contributed by atoms with van der Waals surface area (Å²) in [7, 11) is 0. The van der Waals surface area contributed by atoms with Crippen LogP contribution in [-0.2, 0) is 11.2 Å². The normalized spacial score (nSPS) is 8.55. The molecular formula is C6H6I2N2Pt. The van der Waals surface area contributed by atoms with Crippen molar-refractivity contribution in [1.29, 1.82) is 0 Å². The van der Waals surface area contributed by atoms with Gasteiger partial charge in [0.1, 0.15) is 0 Å². The zero-order valence-electron chi connectivity index (χ0n) is 5.38. The second-order valence-corrected chi connectivity index (χ2v) is 18.2. The third-order valence-electron chi connectivity index (χ3n) is 0.927. The molecule has 0 radical (unpaired) electrons. The molecule has 2 N–H and O–H groups in total. The molecule has 0 fully saturated rings. The van der Waals surface area contributed by atoms with Crippen LogP contribution >= 0.6 is 38.7 Å². The van der Waals surface area contributed by atoms with E-state index in [4.69, 9.17) is 11.5 Å². The molecule has 0 amide bonds. The van der Waals surface area contributed by atoms with Crippen molar-refractivity contribution in [3.8, 4) is 0 Å². The average molecular weight is 555 g/mol. The van der Waals surface area contributed by atoms with Crippen LogP contribution in [0.3, 0.4) is 0 Å². The molecule has 1 aromatic carbocycles. The van der Waals surface area contributed by atoms with Crippen molar-refractivity contribution >= 4 is 50.1 Å². The Bertz CT molecular complexity index is 187. The van der Waals surface area contributed by atoms with Crippen molar-refractivity contribution in [2.75, 3.05) is 0 Å². The van der Waals surface area contributed by atoms with Gasteiger partial charge in [-0.1, -0.05) is 24.3 Å². The summed E-state index contributed by atoms with van der Waals surface area (Å²) >= 11 is 5.30. The Labute approximate surface area is 95.7 Å². The second-order valence-electron chi connectivity index (χ2n) is 1.59. The summed E-state index contributed by atoms with van der Waals surface area (Å²) in [5.41, 5.74) is 14.6. The molecule has 0 saturated carbocycles. The molecule has 0 unspecified atom stereocenters. The number of nitrogens with one attached hydrogen (secondary N) is 2. The third kappa shape index (κ3) is 6.16. The zero-order chi connectivity index (χ0) is 8.69. The van der Waals surface area contributed by atoms with Gasteiger partial charge in [-0.25, -0.2) is 0 Å². The van der Waals surface area contributed by atoms with Crippen molar-refractivity contribution in [2.45, 2.75) is 0 Å². The number of halogens is 2. The molecule has 64 valence electrons. The fraction of sp³-hybridized carbons (Fsp3) is 0. The Morgan fingerprint density at radius 1 is 1.00 bits per heavy atom. The van der Waals surface area contributed by atoms with Gasteiger partial charge in [0.15, 0.2) is 0 Å². The molecule has 1 aromatic rings. The van der Waals surface area contributed by atoms with Crippen molar-refractivity contribution in [1.82, 2.24) is 0 Å². The second kappa shape index (κ2) is 7.61. The van der Waals surface area contributed by atoms with E-state index < -0.39 is 0 Å². The number of benzene rings is 1. The fourth-order valence-electron chi connectivity index (χ4n) is 0.483. The van der Waals surface area contributed by atoms with Crippen LogP contribution in [-0.4, -0.2) is 0 Å². The number of rotatable bonds is 0. The minimum atomic E-state index is 0.285.